The maximum atomic E-state index is 12.3. The third-order valence-corrected chi connectivity index (χ3v) is 4.43. The normalized spacial score (nSPS) is 13.6. The number of H-pyrrole nitrogens is 1. The molecule has 0 aliphatic heterocycles. The number of nitrogens with zero attached hydrogens (tertiary/aromatic N) is 3. The van der Waals surface area contributed by atoms with Crippen molar-refractivity contribution in [3.05, 3.63) is 29.7 Å². The summed E-state index contributed by atoms with van der Waals surface area (Å²) in [5.41, 5.74) is 6.73. The fourth-order valence-corrected chi connectivity index (χ4v) is 3.38. The molecule has 0 amide bonds. The van der Waals surface area contributed by atoms with E-state index in [4.69, 9.17) is 5.73 Å². The first-order valence-corrected chi connectivity index (χ1v) is 7.66. The van der Waals surface area contributed by atoms with Crippen LogP contribution in [0.15, 0.2) is 23.5 Å². The Kier molecular flexibility index (Phi) is 4.21. The molecule has 2 rings (SSSR count). The van der Waals surface area contributed by atoms with Gasteiger partial charge in [0.05, 0.1) is 6.54 Å². The van der Waals surface area contributed by atoms with Gasteiger partial charge >= 0.3 is 0 Å². The van der Waals surface area contributed by atoms with E-state index in [1.54, 1.807) is 37.0 Å². The van der Waals surface area contributed by atoms with E-state index >= 15 is 0 Å². The first-order chi connectivity index (χ1) is 9.44. The molecule has 0 aliphatic carbocycles. The quantitative estimate of drug-likeness (QED) is 0.679. The average Bonchev–Trinajstić information content (AvgIpc) is 2.97. The Balaban J connectivity index is 2.14. The second-order valence-corrected chi connectivity index (χ2v) is 6.22. The molecule has 0 spiro atoms. The van der Waals surface area contributed by atoms with E-state index < -0.39 is 10.0 Å². The van der Waals surface area contributed by atoms with Crippen LogP contribution in [-0.4, -0.2) is 34.4 Å². The second kappa shape index (κ2) is 5.73. The van der Waals surface area contributed by atoms with Crippen molar-refractivity contribution in [1.29, 1.82) is 0 Å². The molecule has 1 atom stereocenters. The Morgan fingerprint density at radius 3 is 2.90 bits per heavy atom. The van der Waals surface area contributed by atoms with E-state index in [0.29, 0.717) is 17.8 Å². The number of hydrogen-bond donors (Lipinski definition) is 3. The summed E-state index contributed by atoms with van der Waals surface area (Å²) >= 11 is 0. The van der Waals surface area contributed by atoms with Crippen molar-refractivity contribution in [2.24, 2.45) is 5.73 Å². The monoisotopic (exact) mass is 298 g/mol. The van der Waals surface area contributed by atoms with E-state index in [1.807, 2.05) is 0 Å². The standard InChI is InChI=1S/C11H18N6O2S/c1-8(7-17-5-3-4-13-17)16-20(18,19)11-10(6-12)9(2)14-15-11/h3-5,8,16H,6-7,12H2,1-2H3,(H,14,15). The van der Waals surface area contributed by atoms with Gasteiger partial charge in [-0.25, -0.2) is 13.1 Å². The van der Waals surface area contributed by atoms with Gasteiger partial charge in [-0.15, -0.1) is 0 Å². The summed E-state index contributed by atoms with van der Waals surface area (Å²) in [4.78, 5) is 0. The van der Waals surface area contributed by atoms with Gasteiger partial charge in [0.25, 0.3) is 10.0 Å². The van der Waals surface area contributed by atoms with Gasteiger partial charge in [-0.1, -0.05) is 0 Å². The highest BCUT2D eigenvalue weighted by molar-refractivity contribution is 7.89. The van der Waals surface area contributed by atoms with Gasteiger partial charge in [-0.2, -0.15) is 10.2 Å². The van der Waals surface area contributed by atoms with Gasteiger partial charge in [0.1, 0.15) is 0 Å². The molecule has 0 saturated carbocycles. The molecule has 0 fully saturated rings. The van der Waals surface area contributed by atoms with Gasteiger partial charge in [-0.05, 0) is 19.9 Å². The van der Waals surface area contributed by atoms with Crippen LogP contribution in [0, 0.1) is 6.92 Å². The van der Waals surface area contributed by atoms with Crippen LogP contribution in [-0.2, 0) is 23.1 Å². The number of rotatable bonds is 6. The van der Waals surface area contributed by atoms with Gasteiger partial charge < -0.3 is 5.73 Å². The highest BCUT2D eigenvalue weighted by Gasteiger charge is 2.24. The molecular formula is C11H18N6O2S. The molecule has 9 heteroatoms. The van der Waals surface area contributed by atoms with Crippen LogP contribution in [0.4, 0.5) is 0 Å². The average molecular weight is 298 g/mol. The fraction of sp³-hybridized carbons (Fsp3) is 0.455. The summed E-state index contributed by atoms with van der Waals surface area (Å²) < 4.78 is 28.8. The van der Waals surface area contributed by atoms with E-state index in [0.717, 1.165) is 0 Å². The minimum Gasteiger partial charge on any atom is -0.326 e. The van der Waals surface area contributed by atoms with E-state index in [1.165, 1.54) is 0 Å². The Bertz CT molecular complexity index is 661. The molecule has 0 radical (unpaired) electrons. The van der Waals surface area contributed by atoms with Gasteiger partial charge in [0.15, 0.2) is 5.03 Å². The lowest BCUT2D eigenvalue weighted by Crippen LogP contribution is -2.36. The van der Waals surface area contributed by atoms with Crippen molar-refractivity contribution in [2.45, 2.75) is 38.0 Å². The number of nitrogens with one attached hydrogen (secondary N) is 2. The largest absolute Gasteiger partial charge is 0.326 e. The topological polar surface area (TPSA) is 119 Å². The molecule has 2 heterocycles. The van der Waals surface area contributed by atoms with Gasteiger partial charge in [-0.3, -0.25) is 9.78 Å². The Morgan fingerprint density at radius 1 is 1.55 bits per heavy atom. The minimum atomic E-state index is -3.70. The van der Waals surface area contributed by atoms with Crippen LogP contribution in [0.5, 0.6) is 0 Å². The summed E-state index contributed by atoms with van der Waals surface area (Å²) in [5, 5.41) is 10.5. The smallest absolute Gasteiger partial charge is 0.260 e. The predicted molar refractivity (Wildman–Crippen MR) is 73.2 cm³/mol. The van der Waals surface area contributed by atoms with E-state index in [2.05, 4.69) is 20.0 Å². The van der Waals surface area contributed by atoms with Crippen LogP contribution >= 0.6 is 0 Å². The molecule has 0 saturated heterocycles. The zero-order valence-electron chi connectivity index (χ0n) is 11.4. The number of sulfonamides is 1. The summed E-state index contributed by atoms with van der Waals surface area (Å²) in [6.45, 7) is 4.06. The van der Waals surface area contributed by atoms with Crippen molar-refractivity contribution in [1.82, 2.24) is 24.7 Å². The highest BCUT2D eigenvalue weighted by atomic mass is 32.2. The zero-order valence-corrected chi connectivity index (χ0v) is 12.2. The van der Waals surface area contributed by atoms with E-state index in [9.17, 15) is 8.42 Å². The lowest BCUT2D eigenvalue weighted by molar-refractivity contribution is 0.492. The molecule has 2 aromatic heterocycles. The Hall–Kier alpha value is -1.71. The molecule has 0 bridgehead atoms. The van der Waals surface area contributed by atoms with Crippen molar-refractivity contribution < 1.29 is 8.42 Å². The first-order valence-electron chi connectivity index (χ1n) is 6.17. The number of aromatic amines is 1. The summed E-state index contributed by atoms with van der Waals surface area (Å²) in [5.74, 6) is 0. The molecule has 8 nitrogen and oxygen atoms in total. The maximum Gasteiger partial charge on any atom is 0.260 e. The van der Waals surface area contributed by atoms with Crippen molar-refractivity contribution in [2.75, 3.05) is 0 Å². The maximum absolute atomic E-state index is 12.3. The van der Waals surface area contributed by atoms with Crippen LogP contribution in [0.3, 0.4) is 0 Å². The summed E-state index contributed by atoms with van der Waals surface area (Å²) in [6, 6.07) is 1.47. The minimum absolute atomic E-state index is 0.0372. The van der Waals surface area contributed by atoms with Crippen molar-refractivity contribution >= 4 is 10.0 Å². The van der Waals surface area contributed by atoms with Crippen LogP contribution in [0.1, 0.15) is 18.2 Å². The molecule has 1 unspecified atom stereocenters. The zero-order chi connectivity index (χ0) is 14.8. The number of aromatic nitrogens is 4. The molecule has 20 heavy (non-hydrogen) atoms. The van der Waals surface area contributed by atoms with Crippen LogP contribution < -0.4 is 10.5 Å². The lowest BCUT2D eigenvalue weighted by atomic mass is 10.3. The second-order valence-electron chi connectivity index (χ2n) is 4.59. The molecule has 2 aromatic rings. The summed E-state index contributed by atoms with van der Waals surface area (Å²) in [6.07, 6.45) is 3.42. The highest BCUT2D eigenvalue weighted by Crippen LogP contribution is 2.15. The predicted octanol–water partition coefficient (Wildman–Crippen LogP) is -0.260. The number of hydrogen-bond acceptors (Lipinski definition) is 5. The Labute approximate surface area is 117 Å². The first kappa shape index (κ1) is 14.7. The van der Waals surface area contributed by atoms with Gasteiger partial charge in [0, 0.05) is 36.2 Å². The SMILES string of the molecule is Cc1[nH]nc(S(=O)(=O)NC(C)Cn2cccn2)c1CN. The molecule has 0 aliphatic rings. The third-order valence-electron chi connectivity index (χ3n) is 2.87. The van der Waals surface area contributed by atoms with Crippen LogP contribution in [0.25, 0.3) is 0 Å². The number of nitrogens with two attached hydrogens (primary N) is 1. The Morgan fingerprint density at radius 2 is 2.30 bits per heavy atom. The third kappa shape index (κ3) is 3.06. The molecule has 0 aromatic carbocycles. The van der Waals surface area contributed by atoms with Gasteiger partial charge in [0.2, 0.25) is 0 Å². The number of aryl methyl sites for hydroxylation is 1. The van der Waals surface area contributed by atoms with Crippen molar-refractivity contribution in [3.63, 3.8) is 0 Å². The van der Waals surface area contributed by atoms with E-state index in [-0.39, 0.29) is 17.6 Å². The van der Waals surface area contributed by atoms with Crippen molar-refractivity contribution in [3.8, 4) is 0 Å². The molecule has 110 valence electrons. The lowest BCUT2D eigenvalue weighted by Gasteiger charge is -2.13. The van der Waals surface area contributed by atoms with Crippen LogP contribution in [0.2, 0.25) is 0 Å². The fourth-order valence-electron chi connectivity index (χ4n) is 1.94. The summed E-state index contributed by atoms with van der Waals surface area (Å²) in [7, 11) is -3.70. The molecule has 4 N–H and O–H groups in total. The molecular weight excluding hydrogens is 280 g/mol.